The maximum absolute atomic E-state index is 12.5. The summed E-state index contributed by atoms with van der Waals surface area (Å²) in [5, 5.41) is 7.69. The fourth-order valence-electron chi connectivity index (χ4n) is 2.75. The molecule has 3 rings (SSSR count). The van der Waals surface area contributed by atoms with Crippen LogP contribution in [0, 0.1) is 0 Å². The summed E-state index contributed by atoms with van der Waals surface area (Å²) in [6, 6.07) is 6.97. The second-order valence-corrected chi connectivity index (χ2v) is 7.43. The number of likely N-dealkylation sites (tertiary alicyclic amines) is 1. The summed E-state index contributed by atoms with van der Waals surface area (Å²) < 4.78 is 5.43. The van der Waals surface area contributed by atoms with Gasteiger partial charge in [0.15, 0.2) is 0 Å². The fraction of sp³-hybridized carbons (Fsp3) is 0.471. The van der Waals surface area contributed by atoms with Gasteiger partial charge in [0.25, 0.3) is 0 Å². The molecule has 1 atom stereocenters. The maximum atomic E-state index is 12.5. The van der Waals surface area contributed by atoms with Crippen molar-refractivity contribution in [1.82, 2.24) is 20.4 Å². The van der Waals surface area contributed by atoms with E-state index in [0.717, 1.165) is 18.4 Å². The summed E-state index contributed by atoms with van der Waals surface area (Å²) in [4.78, 5) is 18.7. The molecule has 2 heterocycles. The summed E-state index contributed by atoms with van der Waals surface area (Å²) in [6.45, 7) is 6.56. The van der Waals surface area contributed by atoms with Gasteiger partial charge < -0.3 is 14.7 Å². The van der Waals surface area contributed by atoms with E-state index in [9.17, 15) is 4.79 Å². The lowest BCUT2D eigenvalue weighted by atomic mass is 10.1. The molecule has 1 aliphatic heterocycles. The molecule has 1 aromatic carbocycles. The van der Waals surface area contributed by atoms with Crippen LogP contribution >= 0.6 is 11.6 Å². The fourth-order valence-corrected chi connectivity index (χ4v) is 2.87. The molecule has 1 N–H and O–H groups in total. The van der Waals surface area contributed by atoms with E-state index in [2.05, 4.69) is 15.5 Å². The zero-order valence-electron chi connectivity index (χ0n) is 14.0. The Labute approximate surface area is 146 Å². The van der Waals surface area contributed by atoms with Crippen molar-refractivity contribution in [3.63, 3.8) is 0 Å². The van der Waals surface area contributed by atoms with Crippen molar-refractivity contribution in [2.24, 2.45) is 0 Å². The molecule has 1 aliphatic rings. The van der Waals surface area contributed by atoms with E-state index in [1.807, 2.05) is 32.9 Å². The van der Waals surface area contributed by atoms with Crippen molar-refractivity contribution in [2.45, 2.75) is 45.2 Å². The van der Waals surface area contributed by atoms with E-state index >= 15 is 0 Å². The molecule has 24 heavy (non-hydrogen) atoms. The van der Waals surface area contributed by atoms with Crippen LogP contribution in [-0.4, -0.2) is 33.2 Å². The van der Waals surface area contributed by atoms with Gasteiger partial charge in [0.2, 0.25) is 11.7 Å². The van der Waals surface area contributed by atoms with Crippen LogP contribution in [0.3, 0.4) is 0 Å². The smallest absolute Gasteiger partial charge is 0.318 e. The van der Waals surface area contributed by atoms with Crippen LogP contribution in [0.4, 0.5) is 4.79 Å². The lowest BCUT2D eigenvalue weighted by molar-refractivity contribution is 0.172. The molecular formula is C17H21ClN4O2. The molecule has 128 valence electrons. The molecule has 0 saturated carbocycles. The molecular weight excluding hydrogens is 328 g/mol. The zero-order chi connectivity index (χ0) is 17.3. The van der Waals surface area contributed by atoms with E-state index in [0.29, 0.717) is 23.3 Å². The van der Waals surface area contributed by atoms with Crippen molar-refractivity contribution >= 4 is 17.6 Å². The number of urea groups is 1. The molecule has 2 aromatic rings. The molecule has 7 heteroatoms. The van der Waals surface area contributed by atoms with Gasteiger partial charge in [0.1, 0.15) is 6.04 Å². The van der Waals surface area contributed by atoms with E-state index in [1.54, 1.807) is 17.0 Å². The number of benzene rings is 1. The normalized spacial score (nSPS) is 18.0. The van der Waals surface area contributed by atoms with Crippen LogP contribution in [0.25, 0.3) is 11.4 Å². The third kappa shape index (κ3) is 3.70. The molecule has 0 radical (unpaired) electrons. The Bertz CT molecular complexity index is 721. The Hall–Kier alpha value is -2.08. The Kier molecular flexibility index (Phi) is 4.49. The number of hydrogen-bond donors (Lipinski definition) is 1. The second-order valence-electron chi connectivity index (χ2n) is 6.99. The average Bonchev–Trinajstić information content (AvgIpc) is 3.15. The zero-order valence-corrected chi connectivity index (χ0v) is 14.8. The lowest BCUT2D eigenvalue weighted by Gasteiger charge is -2.28. The highest BCUT2D eigenvalue weighted by Gasteiger charge is 2.35. The summed E-state index contributed by atoms with van der Waals surface area (Å²) in [5.74, 6) is 0.978. The molecule has 0 aliphatic carbocycles. The largest absolute Gasteiger partial charge is 0.337 e. The number of nitrogens with zero attached hydrogens (tertiary/aromatic N) is 3. The van der Waals surface area contributed by atoms with Gasteiger partial charge in [-0.25, -0.2) is 4.79 Å². The molecule has 0 bridgehead atoms. The predicted molar refractivity (Wildman–Crippen MR) is 91.7 cm³/mol. The number of rotatable bonds is 2. The van der Waals surface area contributed by atoms with Gasteiger partial charge in [0, 0.05) is 22.7 Å². The molecule has 6 nitrogen and oxygen atoms in total. The van der Waals surface area contributed by atoms with Gasteiger partial charge in [-0.2, -0.15) is 4.98 Å². The number of halogens is 1. The predicted octanol–water partition coefficient (Wildman–Crippen LogP) is 4.04. The van der Waals surface area contributed by atoms with E-state index in [4.69, 9.17) is 16.1 Å². The first kappa shape index (κ1) is 16.8. The third-order valence-electron chi connectivity index (χ3n) is 3.82. The molecule has 2 amide bonds. The Morgan fingerprint density at radius 3 is 2.71 bits per heavy atom. The first-order valence-electron chi connectivity index (χ1n) is 8.02. The van der Waals surface area contributed by atoms with Crippen LogP contribution in [-0.2, 0) is 0 Å². The summed E-state index contributed by atoms with van der Waals surface area (Å²) in [5.41, 5.74) is 0.547. The Balaban J connectivity index is 1.78. The van der Waals surface area contributed by atoms with Crippen molar-refractivity contribution < 1.29 is 9.32 Å². The van der Waals surface area contributed by atoms with Crippen LogP contribution in [0.2, 0.25) is 5.02 Å². The lowest BCUT2D eigenvalue weighted by Crippen LogP contribution is -2.48. The van der Waals surface area contributed by atoms with Gasteiger partial charge >= 0.3 is 6.03 Å². The SMILES string of the molecule is CC(C)(C)NC(=O)N1CCCC1c1nc(-c2ccc(Cl)cc2)no1. The highest BCUT2D eigenvalue weighted by Crippen LogP contribution is 2.32. The number of hydrogen-bond acceptors (Lipinski definition) is 4. The van der Waals surface area contributed by atoms with Gasteiger partial charge in [-0.3, -0.25) is 0 Å². The molecule has 1 saturated heterocycles. The summed E-state index contributed by atoms with van der Waals surface area (Å²) in [7, 11) is 0. The topological polar surface area (TPSA) is 71.3 Å². The molecule has 1 aromatic heterocycles. The summed E-state index contributed by atoms with van der Waals surface area (Å²) in [6.07, 6.45) is 1.74. The highest BCUT2D eigenvalue weighted by atomic mass is 35.5. The molecule has 0 spiro atoms. The molecule has 1 unspecified atom stereocenters. The van der Waals surface area contributed by atoms with Gasteiger partial charge in [-0.1, -0.05) is 16.8 Å². The minimum atomic E-state index is -0.284. The highest BCUT2D eigenvalue weighted by molar-refractivity contribution is 6.30. The van der Waals surface area contributed by atoms with Crippen molar-refractivity contribution in [3.05, 3.63) is 35.2 Å². The number of carbonyl (C=O) groups excluding carboxylic acids is 1. The average molecular weight is 349 g/mol. The van der Waals surface area contributed by atoms with Crippen LogP contribution in [0.1, 0.15) is 45.5 Å². The molecule has 1 fully saturated rings. The van der Waals surface area contributed by atoms with Crippen molar-refractivity contribution in [2.75, 3.05) is 6.54 Å². The Morgan fingerprint density at radius 2 is 2.04 bits per heavy atom. The van der Waals surface area contributed by atoms with E-state index in [1.165, 1.54) is 0 Å². The first-order valence-corrected chi connectivity index (χ1v) is 8.39. The van der Waals surface area contributed by atoms with Crippen LogP contribution < -0.4 is 5.32 Å². The number of nitrogens with one attached hydrogen (secondary N) is 1. The van der Waals surface area contributed by atoms with Gasteiger partial charge in [-0.15, -0.1) is 0 Å². The van der Waals surface area contributed by atoms with Crippen LogP contribution in [0.15, 0.2) is 28.8 Å². The van der Waals surface area contributed by atoms with E-state index < -0.39 is 0 Å². The number of aromatic nitrogens is 2. The van der Waals surface area contributed by atoms with Gasteiger partial charge in [0.05, 0.1) is 0 Å². The standard InChI is InChI=1S/C17H21ClN4O2/c1-17(2,3)20-16(23)22-10-4-5-13(22)15-19-14(21-24-15)11-6-8-12(18)9-7-11/h6-9,13H,4-5,10H2,1-3H3,(H,20,23). The number of carbonyl (C=O) groups is 1. The van der Waals surface area contributed by atoms with Gasteiger partial charge in [-0.05, 0) is 57.9 Å². The van der Waals surface area contributed by atoms with Crippen LogP contribution in [0.5, 0.6) is 0 Å². The third-order valence-corrected chi connectivity index (χ3v) is 4.08. The quantitative estimate of drug-likeness (QED) is 0.889. The van der Waals surface area contributed by atoms with Crippen molar-refractivity contribution in [3.8, 4) is 11.4 Å². The second kappa shape index (κ2) is 6.43. The number of amides is 2. The van der Waals surface area contributed by atoms with Crippen molar-refractivity contribution in [1.29, 1.82) is 0 Å². The monoisotopic (exact) mass is 348 g/mol. The minimum absolute atomic E-state index is 0.101. The minimum Gasteiger partial charge on any atom is -0.337 e. The maximum Gasteiger partial charge on any atom is 0.318 e. The van der Waals surface area contributed by atoms with E-state index in [-0.39, 0.29) is 17.6 Å². The Morgan fingerprint density at radius 1 is 1.33 bits per heavy atom. The summed E-state index contributed by atoms with van der Waals surface area (Å²) >= 11 is 5.90. The first-order chi connectivity index (χ1) is 11.3.